The Bertz CT molecular complexity index is 348. The largest absolute Gasteiger partial charge is 0.362 e. The van der Waals surface area contributed by atoms with Crippen molar-refractivity contribution in [1.29, 1.82) is 5.26 Å². The molecule has 0 fully saturated rings. The molecule has 1 aromatic carbocycles. The van der Waals surface area contributed by atoms with Crippen molar-refractivity contribution in [2.45, 2.75) is 6.10 Å². The van der Waals surface area contributed by atoms with Crippen molar-refractivity contribution in [2.75, 3.05) is 7.11 Å². The number of benzene rings is 1. The van der Waals surface area contributed by atoms with E-state index in [1.807, 2.05) is 6.07 Å². The van der Waals surface area contributed by atoms with E-state index in [1.165, 1.54) is 7.11 Å². The highest BCUT2D eigenvalue weighted by atomic mass is 79.9. The van der Waals surface area contributed by atoms with E-state index in [0.29, 0.717) is 5.02 Å². The van der Waals surface area contributed by atoms with Gasteiger partial charge in [0.25, 0.3) is 0 Å². The molecule has 0 N–H and O–H groups in total. The summed E-state index contributed by atoms with van der Waals surface area (Å²) in [6.07, 6.45) is -0.576. The zero-order valence-corrected chi connectivity index (χ0v) is 9.26. The normalized spacial score (nSPS) is 12.2. The summed E-state index contributed by atoms with van der Waals surface area (Å²) in [4.78, 5) is 0. The molecule has 0 aliphatic heterocycles. The summed E-state index contributed by atoms with van der Waals surface area (Å²) < 4.78 is 5.80. The van der Waals surface area contributed by atoms with Crippen molar-refractivity contribution in [3.63, 3.8) is 0 Å². The molecular formula is C9H7BrClNO. The van der Waals surface area contributed by atoms with Crippen LogP contribution in [0.4, 0.5) is 0 Å². The van der Waals surface area contributed by atoms with Crippen LogP contribution in [0.2, 0.25) is 5.02 Å². The van der Waals surface area contributed by atoms with Gasteiger partial charge in [-0.15, -0.1) is 0 Å². The Balaban J connectivity index is 3.13. The second-order valence-electron chi connectivity index (χ2n) is 2.41. The molecule has 1 atom stereocenters. The third kappa shape index (κ3) is 2.44. The maximum atomic E-state index is 8.76. The van der Waals surface area contributed by atoms with Crippen LogP contribution in [0.3, 0.4) is 0 Å². The molecule has 4 heteroatoms. The third-order valence-electron chi connectivity index (χ3n) is 1.59. The number of nitrogens with zero attached hydrogens (tertiary/aromatic N) is 1. The van der Waals surface area contributed by atoms with Gasteiger partial charge in [0.15, 0.2) is 6.10 Å². The number of hydrogen-bond donors (Lipinski definition) is 0. The van der Waals surface area contributed by atoms with Gasteiger partial charge in [0, 0.05) is 22.2 Å². The van der Waals surface area contributed by atoms with Crippen LogP contribution < -0.4 is 0 Å². The SMILES string of the molecule is COC(C#N)c1cc(Cl)ccc1Br. The van der Waals surface area contributed by atoms with Gasteiger partial charge in [-0.25, -0.2) is 0 Å². The highest BCUT2D eigenvalue weighted by Gasteiger charge is 2.12. The molecular weight excluding hydrogens is 253 g/mol. The molecule has 0 radical (unpaired) electrons. The van der Waals surface area contributed by atoms with Gasteiger partial charge < -0.3 is 4.74 Å². The smallest absolute Gasteiger partial charge is 0.169 e. The van der Waals surface area contributed by atoms with Crippen molar-refractivity contribution < 1.29 is 4.74 Å². The summed E-state index contributed by atoms with van der Waals surface area (Å²) in [6.45, 7) is 0. The summed E-state index contributed by atoms with van der Waals surface area (Å²) in [5, 5.41) is 9.35. The first-order valence-corrected chi connectivity index (χ1v) is 4.73. The van der Waals surface area contributed by atoms with E-state index >= 15 is 0 Å². The van der Waals surface area contributed by atoms with Crippen LogP contribution in [0.1, 0.15) is 11.7 Å². The van der Waals surface area contributed by atoms with Gasteiger partial charge in [-0.2, -0.15) is 5.26 Å². The molecule has 0 saturated carbocycles. The third-order valence-corrected chi connectivity index (χ3v) is 2.55. The first-order valence-electron chi connectivity index (χ1n) is 3.56. The number of halogens is 2. The average Bonchev–Trinajstić information content (AvgIpc) is 2.13. The Hall–Kier alpha value is -0.560. The van der Waals surface area contributed by atoms with E-state index in [-0.39, 0.29) is 0 Å². The second-order valence-corrected chi connectivity index (χ2v) is 3.70. The first kappa shape index (κ1) is 10.5. The molecule has 68 valence electrons. The van der Waals surface area contributed by atoms with Gasteiger partial charge in [-0.3, -0.25) is 0 Å². The number of methoxy groups -OCH3 is 1. The lowest BCUT2D eigenvalue weighted by molar-refractivity contribution is 0.148. The van der Waals surface area contributed by atoms with E-state index in [9.17, 15) is 0 Å². The summed E-state index contributed by atoms with van der Waals surface area (Å²) in [7, 11) is 1.49. The van der Waals surface area contributed by atoms with Crippen LogP contribution in [0.25, 0.3) is 0 Å². The number of nitriles is 1. The number of rotatable bonds is 2. The van der Waals surface area contributed by atoms with E-state index < -0.39 is 6.10 Å². The molecule has 0 aliphatic carbocycles. The summed E-state index contributed by atoms with van der Waals surface area (Å²) >= 11 is 9.11. The minimum Gasteiger partial charge on any atom is -0.362 e. The lowest BCUT2D eigenvalue weighted by atomic mass is 10.1. The van der Waals surface area contributed by atoms with Gasteiger partial charge >= 0.3 is 0 Å². The first-order chi connectivity index (χ1) is 6.19. The molecule has 0 saturated heterocycles. The Morgan fingerprint density at radius 3 is 2.85 bits per heavy atom. The van der Waals surface area contributed by atoms with Gasteiger partial charge in [0.2, 0.25) is 0 Å². The molecule has 1 rings (SSSR count). The van der Waals surface area contributed by atoms with Crippen LogP contribution >= 0.6 is 27.5 Å². The van der Waals surface area contributed by atoms with Gasteiger partial charge in [0.05, 0.1) is 6.07 Å². The summed E-state index contributed by atoms with van der Waals surface area (Å²) in [5.74, 6) is 0. The van der Waals surface area contributed by atoms with Crippen molar-refractivity contribution >= 4 is 27.5 Å². The molecule has 0 spiro atoms. The summed E-state index contributed by atoms with van der Waals surface area (Å²) in [5.41, 5.74) is 0.748. The maximum Gasteiger partial charge on any atom is 0.169 e. The number of ether oxygens (including phenoxy) is 1. The zero-order chi connectivity index (χ0) is 9.84. The fraction of sp³-hybridized carbons (Fsp3) is 0.222. The van der Waals surface area contributed by atoms with Crippen LogP contribution in [0, 0.1) is 11.3 Å². The van der Waals surface area contributed by atoms with Crippen molar-refractivity contribution in [1.82, 2.24) is 0 Å². The second kappa shape index (κ2) is 4.61. The molecule has 13 heavy (non-hydrogen) atoms. The fourth-order valence-electron chi connectivity index (χ4n) is 0.965. The molecule has 0 bridgehead atoms. The van der Waals surface area contributed by atoms with Crippen molar-refractivity contribution in [3.8, 4) is 6.07 Å². The standard InChI is InChI=1S/C9H7BrClNO/c1-13-9(5-12)7-4-6(11)2-3-8(7)10/h2-4,9H,1H3. The molecule has 0 aromatic heterocycles. The predicted octanol–water partition coefficient (Wildman–Crippen LogP) is 3.31. The Labute approximate surface area is 90.2 Å². The lowest BCUT2D eigenvalue weighted by Gasteiger charge is -2.09. The lowest BCUT2D eigenvalue weighted by Crippen LogP contribution is -1.98. The van der Waals surface area contributed by atoms with Crippen LogP contribution in [0.15, 0.2) is 22.7 Å². The monoisotopic (exact) mass is 259 g/mol. The molecule has 0 aliphatic rings. The van der Waals surface area contributed by atoms with Gasteiger partial charge in [0.1, 0.15) is 0 Å². The maximum absolute atomic E-state index is 8.76. The van der Waals surface area contributed by atoms with Crippen molar-refractivity contribution in [2.24, 2.45) is 0 Å². The molecule has 0 amide bonds. The fourth-order valence-corrected chi connectivity index (χ4v) is 1.60. The highest BCUT2D eigenvalue weighted by Crippen LogP contribution is 2.27. The predicted molar refractivity (Wildman–Crippen MR) is 54.5 cm³/mol. The molecule has 2 nitrogen and oxygen atoms in total. The zero-order valence-electron chi connectivity index (χ0n) is 6.92. The van der Waals surface area contributed by atoms with E-state index in [4.69, 9.17) is 21.6 Å². The highest BCUT2D eigenvalue weighted by molar-refractivity contribution is 9.10. The van der Waals surface area contributed by atoms with Gasteiger partial charge in [-0.1, -0.05) is 27.5 Å². The molecule has 1 unspecified atom stereocenters. The Morgan fingerprint density at radius 1 is 1.62 bits per heavy atom. The summed E-state index contributed by atoms with van der Waals surface area (Å²) in [6, 6.07) is 7.28. The minimum absolute atomic E-state index is 0.576. The molecule has 0 heterocycles. The average molecular weight is 261 g/mol. The molecule has 1 aromatic rings. The Morgan fingerprint density at radius 2 is 2.31 bits per heavy atom. The van der Waals surface area contributed by atoms with Crippen LogP contribution in [0.5, 0.6) is 0 Å². The van der Waals surface area contributed by atoms with Crippen molar-refractivity contribution in [3.05, 3.63) is 33.3 Å². The van der Waals surface area contributed by atoms with Crippen LogP contribution in [-0.4, -0.2) is 7.11 Å². The van der Waals surface area contributed by atoms with Gasteiger partial charge in [-0.05, 0) is 18.2 Å². The Kier molecular flexibility index (Phi) is 3.73. The quantitative estimate of drug-likeness (QED) is 0.817. The topological polar surface area (TPSA) is 33.0 Å². The van der Waals surface area contributed by atoms with E-state index in [1.54, 1.807) is 18.2 Å². The van der Waals surface area contributed by atoms with Crippen LogP contribution in [-0.2, 0) is 4.74 Å². The van der Waals surface area contributed by atoms with E-state index in [2.05, 4.69) is 15.9 Å². The van der Waals surface area contributed by atoms with E-state index in [0.717, 1.165) is 10.0 Å². The number of hydrogen-bond acceptors (Lipinski definition) is 2. The minimum atomic E-state index is -0.576.